The molecule has 1 N–H and O–H groups in total. The Morgan fingerprint density at radius 2 is 1.78 bits per heavy atom. The first kappa shape index (κ1) is 23.1. The van der Waals surface area contributed by atoms with Crippen LogP contribution in [0.2, 0.25) is 0 Å². The smallest absolute Gasteiger partial charge is 0.266 e. The quantitative estimate of drug-likeness (QED) is 0.316. The lowest BCUT2D eigenvalue weighted by Gasteiger charge is -2.14. The van der Waals surface area contributed by atoms with Crippen molar-refractivity contribution in [1.29, 1.82) is 5.26 Å². The number of amides is 1. The SMILES string of the molecule is COc1cc(/C=C(\C#N)C(=O)Nc2ccccc2)cc(Br)c1OCc1cc(C)cc(C)c1. The van der Waals surface area contributed by atoms with Crippen molar-refractivity contribution in [2.24, 2.45) is 0 Å². The lowest BCUT2D eigenvalue weighted by Crippen LogP contribution is -2.13. The van der Waals surface area contributed by atoms with E-state index in [-0.39, 0.29) is 5.57 Å². The number of rotatable bonds is 7. The van der Waals surface area contributed by atoms with Crippen LogP contribution >= 0.6 is 15.9 Å². The van der Waals surface area contributed by atoms with Gasteiger partial charge in [-0.1, -0.05) is 47.5 Å². The number of benzene rings is 3. The number of aryl methyl sites for hydroxylation is 2. The van der Waals surface area contributed by atoms with E-state index in [0.717, 1.165) is 5.56 Å². The molecular formula is C26H23BrN2O3. The molecule has 3 aromatic rings. The number of hydrogen-bond donors (Lipinski definition) is 1. The van der Waals surface area contributed by atoms with Crippen LogP contribution < -0.4 is 14.8 Å². The van der Waals surface area contributed by atoms with Crippen molar-refractivity contribution in [3.05, 3.63) is 93.0 Å². The fourth-order valence-corrected chi connectivity index (χ4v) is 3.88. The number of halogens is 1. The van der Waals surface area contributed by atoms with E-state index >= 15 is 0 Å². The summed E-state index contributed by atoms with van der Waals surface area (Å²) in [5.41, 5.74) is 4.64. The Labute approximate surface area is 196 Å². The van der Waals surface area contributed by atoms with E-state index in [1.807, 2.05) is 24.3 Å². The first-order valence-corrected chi connectivity index (χ1v) is 10.7. The number of hydrogen-bond acceptors (Lipinski definition) is 4. The first-order chi connectivity index (χ1) is 15.4. The maximum Gasteiger partial charge on any atom is 0.266 e. The second-order valence-corrected chi connectivity index (χ2v) is 8.16. The zero-order valence-corrected chi connectivity index (χ0v) is 19.7. The van der Waals surface area contributed by atoms with Crippen molar-refractivity contribution in [2.75, 3.05) is 12.4 Å². The molecule has 162 valence electrons. The van der Waals surface area contributed by atoms with Crippen molar-refractivity contribution in [2.45, 2.75) is 20.5 Å². The van der Waals surface area contributed by atoms with Crippen LogP contribution in [0.1, 0.15) is 22.3 Å². The van der Waals surface area contributed by atoms with Gasteiger partial charge in [0.05, 0.1) is 11.6 Å². The van der Waals surface area contributed by atoms with Gasteiger partial charge in [-0.3, -0.25) is 4.79 Å². The molecule has 0 atom stereocenters. The van der Waals surface area contributed by atoms with Gasteiger partial charge < -0.3 is 14.8 Å². The zero-order valence-electron chi connectivity index (χ0n) is 18.1. The van der Waals surface area contributed by atoms with Gasteiger partial charge in [-0.2, -0.15) is 5.26 Å². The van der Waals surface area contributed by atoms with E-state index in [9.17, 15) is 10.1 Å². The monoisotopic (exact) mass is 490 g/mol. The van der Waals surface area contributed by atoms with Gasteiger partial charge in [0, 0.05) is 5.69 Å². The summed E-state index contributed by atoms with van der Waals surface area (Å²) in [6.07, 6.45) is 1.51. The molecule has 0 spiro atoms. The molecule has 3 aromatic carbocycles. The number of nitriles is 1. The standard InChI is InChI=1S/C26H23BrN2O3/c1-17-9-18(2)11-20(10-17)16-32-25-23(27)13-19(14-24(25)31-3)12-21(15-28)26(30)29-22-7-5-4-6-8-22/h4-14H,16H2,1-3H3,(H,29,30)/b21-12+. The minimum atomic E-state index is -0.482. The van der Waals surface area contributed by atoms with E-state index < -0.39 is 5.91 Å². The van der Waals surface area contributed by atoms with Crippen molar-refractivity contribution >= 4 is 33.6 Å². The number of ether oxygens (including phenoxy) is 2. The van der Waals surface area contributed by atoms with Crippen LogP contribution in [0.4, 0.5) is 5.69 Å². The molecule has 0 heterocycles. The van der Waals surface area contributed by atoms with E-state index in [0.29, 0.717) is 33.8 Å². The summed E-state index contributed by atoms with van der Waals surface area (Å²) >= 11 is 3.53. The van der Waals surface area contributed by atoms with Crippen LogP contribution in [-0.4, -0.2) is 13.0 Å². The molecule has 5 nitrogen and oxygen atoms in total. The lowest BCUT2D eigenvalue weighted by molar-refractivity contribution is -0.112. The van der Waals surface area contributed by atoms with Gasteiger partial charge >= 0.3 is 0 Å². The fourth-order valence-electron chi connectivity index (χ4n) is 3.31. The van der Waals surface area contributed by atoms with E-state index in [1.165, 1.54) is 17.2 Å². The average Bonchev–Trinajstić information content (AvgIpc) is 2.76. The summed E-state index contributed by atoms with van der Waals surface area (Å²) in [6, 6.07) is 20.7. The molecule has 6 heteroatoms. The molecule has 0 unspecified atom stereocenters. The molecule has 0 saturated heterocycles. The molecule has 0 aromatic heterocycles. The fraction of sp³-hybridized carbons (Fsp3) is 0.154. The molecule has 3 rings (SSSR count). The van der Waals surface area contributed by atoms with E-state index in [1.54, 1.807) is 31.4 Å². The Balaban J connectivity index is 1.82. The van der Waals surface area contributed by atoms with Crippen molar-refractivity contribution in [3.8, 4) is 17.6 Å². The van der Waals surface area contributed by atoms with E-state index in [2.05, 4.69) is 53.3 Å². The molecule has 0 bridgehead atoms. The van der Waals surface area contributed by atoms with Gasteiger partial charge in [0.2, 0.25) is 0 Å². The summed E-state index contributed by atoms with van der Waals surface area (Å²) in [5.74, 6) is 0.566. The molecule has 1 amide bonds. The Kier molecular flexibility index (Phi) is 7.69. The van der Waals surface area contributed by atoms with E-state index in [4.69, 9.17) is 9.47 Å². The third-order valence-corrected chi connectivity index (χ3v) is 5.21. The summed E-state index contributed by atoms with van der Waals surface area (Å²) < 4.78 is 12.2. The van der Waals surface area contributed by atoms with Crippen LogP contribution in [0, 0.1) is 25.2 Å². The number of carbonyl (C=O) groups excluding carboxylic acids is 1. The van der Waals surface area contributed by atoms with Gasteiger partial charge in [0.25, 0.3) is 5.91 Å². The summed E-state index contributed by atoms with van der Waals surface area (Å²) in [4.78, 5) is 12.5. The highest BCUT2D eigenvalue weighted by Crippen LogP contribution is 2.38. The van der Waals surface area contributed by atoms with Gasteiger partial charge in [-0.15, -0.1) is 0 Å². The summed E-state index contributed by atoms with van der Waals surface area (Å²) in [5, 5.41) is 12.2. The molecule has 32 heavy (non-hydrogen) atoms. The number of para-hydroxylation sites is 1. The second-order valence-electron chi connectivity index (χ2n) is 7.31. The lowest BCUT2D eigenvalue weighted by atomic mass is 10.1. The Morgan fingerprint density at radius 1 is 1.09 bits per heavy atom. The predicted octanol–water partition coefficient (Wildman–Crippen LogP) is 6.20. The topological polar surface area (TPSA) is 71.3 Å². The maximum atomic E-state index is 12.5. The highest BCUT2D eigenvalue weighted by Gasteiger charge is 2.14. The number of anilines is 1. The summed E-state index contributed by atoms with van der Waals surface area (Å²) in [6.45, 7) is 4.49. The van der Waals surface area contributed by atoms with Crippen molar-refractivity contribution in [3.63, 3.8) is 0 Å². The van der Waals surface area contributed by atoms with Crippen LogP contribution in [-0.2, 0) is 11.4 Å². The van der Waals surface area contributed by atoms with Gasteiger partial charge in [-0.05, 0) is 71.2 Å². The molecule has 0 aliphatic rings. The molecule has 0 saturated carbocycles. The third-order valence-electron chi connectivity index (χ3n) is 4.62. The van der Waals surface area contributed by atoms with Crippen LogP contribution in [0.25, 0.3) is 6.08 Å². The predicted molar refractivity (Wildman–Crippen MR) is 130 cm³/mol. The first-order valence-electron chi connectivity index (χ1n) is 9.95. The van der Waals surface area contributed by atoms with Gasteiger partial charge in [0.1, 0.15) is 18.2 Å². The second kappa shape index (κ2) is 10.7. The van der Waals surface area contributed by atoms with Crippen LogP contribution in [0.3, 0.4) is 0 Å². The molecule has 0 radical (unpaired) electrons. The Bertz CT molecular complexity index is 1180. The number of methoxy groups -OCH3 is 1. The average molecular weight is 491 g/mol. The van der Waals surface area contributed by atoms with Crippen LogP contribution in [0.15, 0.2) is 70.7 Å². The Morgan fingerprint density at radius 3 is 2.41 bits per heavy atom. The molecule has 0 aliphatic carbocycles. The molecule has 0 fully saturated rings. The molecular weight excluding hydrogens is 468 g/mol. The normalized spacial score (nSPS) is 10.9. The van der Waals surface area contributed by atoms with Gasteiger partial charge in [-0.25, -0.2) is 0 Å². The summed E-state index contributed by atoms with van der Waals surface area (Å²) in [7, 11) is 1.55. The van der Waals surface area contributed by atoms with Crippen molar-refractivity contribution in [1.82, 2.24) is 0 Å². The minimum Gasteiger partial charge on any atom is -0.493 e. The minimum absolute atomic E-state index is 0.0216. The number of nitrogens with zero attached hydrogens (tertiary/aromatic N) is 1. The highest BCUT2D eigenvalue weighted by molar-refractivity contribution is 9.10. The van der Waals surface area contributed by atoms with Gasteiger partial charge in [0.15, 0.2) is 11.5 Å². The number of nitrogens with one attached hydrogen (secondary N) is 1. The maximum absolute atomic E-state index is 12.5. The highest BCUT2D eigenvalue weighted by atomic mass is 79.9. The largest absolute Gasteiger partial charge is 0.493 e. The third kappa shape index (κ3) is 5.99. The Hall–Kier alpha value is -3.56. The zero-order chi connectivity index (χ0) is 23.1. The van der Waals surface area contributed by atoms with Crippen LogP contribution in [0.5, 0.6) is 11.5 Å². The number of carbonyl (C=O) groups is 1. The molecule has 0 aliphatic heterocycles. The van der Waals surface area contributed by atoms with Crippen molar-refractivity contribution < 1.29 is 14.3 Å².